The van der Waals surface area contributed by atoms with Crippen molar-refractivity contribution in [3.05, 3.63) is 75.6 Å². The van der Waals surface area contributed by atoms with Crippen LogP contribution in [0, 0.1) is 5.92 Å². The highest BCUT2D eigenvalue weighted by Crippen LogP contribution is 2.57. The summed E-state index contributed by atoms with van der Waals surface area (Å²) in [5, 5.41) is 0. The molecule has 0 unspecified atom stereocenters. The van der Waals surface area contributed by atoms with Crippen molar-refractivity contribution in [2.45, 2.75) is 16.4 Å². The molecule has 6 rings (SSSR count). The largest absolute Gasteiger partial charge is 0.352 e. The van der Waals surface area contributed by atoms with Crippen molar-refractivity contribution in [2.24, 2.45) is 5.92 Å². The Labute approximate surface area is 133 Å². The van der Waals surface area contributed by atoms with Gasteiger partial charge in [0.1, 0.15) is 0 Å². The Morgan fingerprint density at radius 3 is 2.36 bits per heavy atom. The number of para-hydroxylation sites is 1. The minimum absolute atomic E-state index is 0.112. The molecule has 0 amide bonds. The van der Waals surface area contributed by atoms with E-state index in [0.29, 0.717) is 5.69 Å². The summed E-state index contributed by atoms with van der Waals surface area (Å²) in [5.74, 6) is 0.214. The van der Waals surface area contributed by atoms with Crippen molar-refractivity contribution < 1.29 is 0 Å². The lowest BCUT2D eigenvalue weighted by Crippen LogP contribution is -2.58. The average Bonchev–Trinajstić information content (AvgIpc) is 2.78. The van der Waals surface area contributed by atoms with E-state index in [1.165, 1.54) is 4.57 Å². The Kier molecular flexibility index (Phi) is 2.16. The predicted molar refractivity (Wildman–Crippen MR) is 85.8 cm³/mol. The maximum Gasteiger partial charge on any atom is 0.352 e. The van der Waals surface area contributed by atoms with Gasteiger partial charge in [0.2, 0.25) is 0 Å². The van der Waals surface area contributed by atoms with Gasteiger partial charge in [-0.2, -0.15) is 0 Å². The third kappa shape index (κ3) is 1.22. The summed E-state index contributed by atoms with van der Waals surface area (Å²) in [4.78, 5) is 25.7. The van der Waals surface area contributed by atoms with Gasteiger partial charge in [-0.05, 0) is 12.1 Å². The number of benzene rings is 1. The smallest absolute Gasteiger partial charge is 0.245 e. The van der Waals surface area contributed by atoms with Crippen LogP contribution in [0.2, 0.25) is 0 Å². The predicted octanol–water partition coefficient (Wildman–Crippen LogP) is 1.79. The molecular weight excluding hydrogens is 346 g/mol. The molecule has 1 aromatic carbocycles. The van der Waals surface area contributed by atoms with Gasteiger partial charge in [0.25, 0.3) is 0 Å². The highest BCUT2D eigenvalue weighted by atomic mass is 79.9. The van der Waals surface area contributed by atoms with Crippen LogP contribution < -0.4 is 11.4 Å². The zero-order valence-corrected chi connectivity index (χ0v) is 13.1. The maximum absolute atomic E-state index is 12.9. The molecule has 22 heavy (non-hydrogen) atoms. The van der Waals surface area contributed by atoms with Crippen LogP contribution in [0.5, 0.6) is 0 Å². The van der Waals surface area contributed by atoms with Crippen LogP contribution in [-0.4, -0.2) is 18.3 Å². The van der Waals surface area contributed by atoms with Crippen molar-refractivity contribution in [2.75, 3.05) is 0 Å². The van der Waals surface area contributed by atoms with Gasteiger partial charge >= 0.3 is 11.4 Å². The van der Waals surface area contributed by atoms with Crippen molar-refractivity contribution >= 4 is 15.9 Å². The zero-order valence-electron chi connectivity index (χ0n) is 11.5. The number of alkyl halides is 1. The molecule has 2 aromatic rings. The number of halogens is 1. The zero-order chi connectivity index (χ0) is 15.1. The van der Waals surface area contributed by atoms with Crippen molar-refractivity contribution in [1.29, 1.82) is 0 Å². The highest BCUT2D eigenvalue weighted by molar-refractivity contribution is 9.10. The van der Waals surface area contributed by atoms with Gasteiger partial charge in [0.05, 0.1) is 22.1 Å². The lowest BCUT2D eigenvalue weighted by molar-refractivity contribution is 0.166. The number of aromatic nitrogens is 3. The van der Waals surface area contributed by atoms with Crippen molar-refractivity contribution in [3.63, 3.8) is 0 Å². The SMILES string of the molecule is O=c1n(-c2ccccc2)c(=O)n2n1[C@H]1C=C[C@H]2[C@@H]2C=C[C@@]12Br. The Morgan fingerprint density at radius 1 is 0.955 bits per heavy atom. The standard InChI is InChI=1S/C16H12BrN3O2/c17-16-9-8-11(16)12-6-7-13(16)20-15(22)18(14(21)19(12)20)10-4-2-1-3-5-10/h1-9,11-13H/t11-,12-,13-,16-/m0/s1. The molecule has 2 aliphatic carbocycles. The Balaban J connectivity index is 1.84. The topological polar surface area (TPSA) is 48.9 Å². The molecule has 0 spiro atoms. The quantitative estimate of drug-likeness (QED) is 0.577. The van der Waals surface area contributed by atoms with E-state index in [4.69, 9.17) is 0 Å². The third-order valence-corrected chi connectivity index (χ3v) is 6.21. The number of nitrogens with zero attached hydrogens (tertiary/aromatic N) is 3. The first-order valence-electron chi connectivity index (χ1n) is 7.21. The number of allylic oxidation sites excluding steroid dienone is 4. The van der Waals surface area contributed by atoms with Crippen LogP contribution in [0.4, 0.5) is 0 Å². The molecule has 5 nitrogen and oxygen atoms in total. The fourth-order valence-corrected chi connectivity index (χ4v) is 4.77. The van der Waals surface area contributed by atoms with E-state index in [-0.39, 0.29) is 33.7 Å². The van der Waals surface area contributed by atoms with Crippen LogP contribution in [0.1, 0.15) is 12.1 Å². The first kappa shape index (κ1) is 12.5. The van der Waals surface area contributed by atoms with Gasteiger partial charge in [-0.1, -0.05) is 58.4 Å². The van der Waals surface area contributed by atoms with Gasteiger partial charge in [-0.15, -0.1) is 0 Å². The molecule has 0 radical (unpaired) electrons. The van der Waals surface area contributed by atoms with Crippen LogP contribution in [-0.2, 0) is 0 Å². The van der Waals surface area contributed by atoms with Crippen LogP contribution >= 0.6 is 15.9 Å². The summed E-state index contributed by atoms with van der Waals surface area (Å²) in [5.41, 5.74) is 0.0498. The Morgan fingerprint density at radius 2 is 1.68 bits per heavy atom. The molecule has 4 aliphatic rings. The van der Waals surface area contributed by atoms with Gasteiger partial charge in [0, 0.05) is 5.92 Å². The Bertz CT molecular complexity index is 966. The van der Waals surface area contributed by atoms with E-state index in [1.807, 2.05) is 30.4 Å². The molecule has 0 N–H and O–H groups in total. The normalized spacial score (nSPS) is 33.4. The fourth-order valence-electron chi connectivity index (χ4n) is 3.84. The molecular formula is C16H12BrN3O2. The summed E-state index contributed by atoms with van der Waals surface area (Å²) >= 11 is 3.77. The van der Waals surface area contributed by atoms with Gasteiger partial charge in [0.15, 0.2) is 0 Å². The first-order valence-corrected chi connectivity index (χ1v) is 8.00. The van der Waals surface area contributed by atoms with Crippen molar-refractivity contribution in [3.8, 4) is 5.69 Å². The summed E-state index contributed by atoms with van der Waals surface area (Å²) in [6.07, 6.45) is 8.25. The van der Waals surface area contributed by atoms with Crippen molar-refractivity contribution in [1.82, 2.24) is 13.9 Å². The van der Waals surface area contributed by atoms with E-state index in [2.05, 4.69) is 28.1 Å². The first-order chi connectivity index (χ1) is 10.6. The molecule has 0 saturated carbocycles. The lowest BCUT2D eigenvalue weighted by Gasteiger charge is -2.53. The molecule has 6 heteroatoms. The van der Waals surface area contributed by atoms with Gasteiger partial charge in [-0.25, -0.2) is 23.5 Å². The second kappa shape index (κ2) is 3.81. The van der Waals surface area contributed by atoms with Crippen LogP contribution in [0.15, 0.2) is 64.2 Å². The second-order valence-electron chi connectivity index (χ2n) is 5.96. The molecule has 2 aliphatic heterocycles. The summed E-state index contributed by atoms with van der Waals surface area (Å²) in [6, 6.07) is 8.80. The van der Waals surface area contributed by atoms with E-state index < -0.39 is 0 Å². The minimum Gasteiger partial charge on any atom is -0.245 e. The van der Waals surface area contributed by atoms with Gasteiger partial charge < -0.3 is 0 Å². The van der Waals surface area contributed by atoms with Gasteiger partial charge in [-0.3, -0.25) is 0 Å². The number of rotatable bonds is 1. The lowest BCUT2D eigenvalue weighted by atomic mass is 9.68. The molecule has 2 bridgehead atoms. The summed E-state index contributed by atoms with van der Waals surface area (Å²) in [6.45, 7) is 0. The molecule has 110 valence electrons. The van der Waals surface area contributed by atoms with E-state index in [1.54, 1.807) is 21.5 Å². The molecule has 4 atom stereocenters. The summed E-state index contributed by atoms with van der Waals surface area (Å²) in [7, 11) is 0. The molecule has 1 aromatic heterocycles. The second-order valence-corrected chi connectivity index (χ2v) is 7.33. The number of hydrogen-bond donors (Lipinski definition) is 0. The summed E-state index contributed by atoms with van der Waals surface area (Å²) < 4.78 is 4.21. The molecule has 3 heterocycles. The minimum atomic E-state index is -0.284. The monoisotopic (exact) mass is 357 g/mol. The molecule has 0 fully saturated rings. The van der Waals surface area contributed by atoms with Crippen LogP contribution in [0.25, 0.3) is 5.69 Å². The Hall–Kier alpha value is -2.08. The molecule has 0 saturated heterocycles. The van der Waals surface area contributed by atoms with E-state index >= 15 is 0 Å². The van der Waals surface area contributed by atoms with E-state index in [9.17, 15) is 9.59 Å². The average molecular weight is 358 g/mol. The number of hydrogen-bond acceptors (Lipinski definition) is 2. The maximum atomic E-state index is 12.9. The third-order valence-electron chi connectivity index (χ3n) is 4.95. The highest BCUT2D eigenvalue weighted by Gasteiger charge is 2.57. The van der Waals surface area contributed by atoms with E-state index in [0.717, 1.165) is 0 Å². The fraction of sp³-hybridized carbons (Fsp3) is 0.250. The van der Waals surface area contributed by atoms with Crippen LogP contribution in [0.3, 0.4) is 0 Å².